The lowest BCUT2D eigenvalue weighted by molar-refractivity contribution is 0.395. The molecule has 7 heteroatoms. The summed E-state index contributed by atoms with van der Waals surface area (Å²) in [6, 6.07) is 5.56. The lowest BCUT2D eigenvalue weighted by Crippen LogP contribution is -2.13. The van der Waals surface area contributed by atoms with Crippen molar-refractivity contribution < 1.29 is 0 Å². The van der Waals surface area contributed by atoms with E-state index in [0.717, 1.165) is 21.5 Å². The molecule has 96 valence electrons. The summed E-state index contributed by atoms with van der Waals surface area (Å²) in [4.78, 5) is 5.11. The molecule has 0 unspecified atom stereocenters. The van der Waals surface area contributed by atoms with E-state index in [9.17, 15) is 0 Å². The molecule has 6 nitrogen and oxygen atoms in total. The first-order valence-electron chi connectivity index (χ1n) is 6.26. The average molecular weight is 272 g/mol. The highest BCUT2D eigenvalue weighted by Crippen LogP contribution is 2.36. The molecule has 0 aromatic carbocycles. The number of anilines is 1. The summed E-state index contributed by atoms with van der Waals surface area (Å²) >= 11 is 1.49. The maximum Gasteiger partial charge on any atom is 0.235 e. The van der Waals surface area contributed by atoms with Crippen molar-refractivity contribution in [3.8, 4) is 10.7 Å². The van der Waals surface area contributed by atoms with Crippen molar-refractivity contribution in [2.24, 2.45) is 0 Å². The summed E-state index contributed by atoms with van der Waals surface area (Å²) in [7, 11) is 0. The summed E-state index contributed by atoms with van der Waals surface area (Å²) in [5.41, 5.74) is 6.49. The highest BCUT2D eigenvalue weighted by atomic mass is 32.1. The van der Waals surface area contributed by atoms with Crippen LogP contribution in [0.25, 0.3) is 15.7 Å². The second-order valence-corrected chi connectivity index (χ2v) is 5.69. The molecule has 3 aromatic rings. The van der Waals surface area contributed by atoms with Gasteiger partial charge in [0, 0.05) is 5.92 Å². The summed E-state index contributed by atoms with van der Waals surface area (Å²) < 4.78 is 1.86. The summed E-state index contributed by atoms with van der Waals surface area (Å²) in [5, 5.41) is 13.9. The third-order valence-electron chi connectivity index (χ3n) is 3.48. The topological polar surface area (TPSA) is 82.0 Å². The molecule has 0 atom stereocenters. The van der Waals surface area contributed by atoms with Gasteiger partial charge in [0.2, 0.25) is 4.96 Å². The van der Waals surface area contributed by atoms with Gasteiger partial charge < -0.3 is 5.73 Å². The minimum atomic E-state index is 0.502. The van der Waals surface area contributed by atoms with E-state index in [0.29, 0.717) is 11.7 Å². The Labute approximate surface area is 113 Å². The van der Waals surface area contributed by atoms with Gasteiger partial charge in [0.25, 0.3) is 0 Å². The zero-order valence-corrected chi connectivity index (χ0v) is 11.0. The van der Waals surface area contributed by atoms with Gasteiger partial charge in [0.1, 0.15) is 11.5 Å². The number of hydrogen-bond donors (Lipinski definition) is 1. The van der Waals surface area contributed by atoms with Crippen LogP contribution < -0.4 is 5.73 Å². The van der Waals surface area contributed by atoms with Crippen LogP contribution in [-0.2, 0) is 0 Å². The van der Waals surface area contributed by atoms with Crippen LogP contribution in [0.3, 0.4) is 0 Å². The van der Waals surface area contributed by atoms with Crippen LogP contribution in [0.15, 0.2) is 18.2 Å². The second-order valence-electron chi connectivity index (χ2n) is 4.74. The molecule has 1 saturated carbocycles. The van der Waals surface area contributed by atoms with Gasteiger partial charge in [-0.2, -0.15) is 9.61 Å². The minimum Gasteiger partial charge on any atom is -0.384 e. The number of rotatable bonds is 2. The number of hydrogen-bond acceptors (Lipinski definition) is 6. The average Bonchev–Trinajstić information content (AvgIpc) is 2.89. The maximum atomic E-state index is 5.71. The number of nitrogens with zero attached hydrogens (tertiary/aromatic N) is 5. The van der Waals surface area contributed by atoms with Crippen molar-refractivity contribution in [1.29, 1.82) is 0 Å². The van der Waals surface area contributed by atoms with E-state index in [1.807, 2.05) is 16.6 Å². The molecule has 0 amide bonds. The van der Waals surface area contributed by atoms with Gasteiger partial charge in [-0.3, -0.25) is 0 Å². The molecular formula is C12H12N6S. The Morgan fingerprint density at radius 1 is 1.26 bits per heavy atom. The molecule has 1 fully saturated rings. The molecule has 3 aromatic heterocycles. The molecule has 0 bridgehead atoms. The van der Waals surface area contributed by atoms with Crippen LogP contribution in [0.5, 0.6) is 0 Å². The molecule has 19 heavy (non-hydrogen) atoms. The number of pyridine rings is 1. The Kier molecular flexibility index (Phi) is 2.28. The Morgan fingerprint density at radius 3 is 2.89 bits per heavy atom. The first kappa shape index (κ1) is 10.9. The first-order valence-corrected chi connectivity index (χ1v) is 7.08. The smallest absolute Gasteiger partial charge is 0.235 e. The molecule has 0 aliphatic heterocycles. The quantitative estimate of drug-likeness (QED) is 0.772. The predicted molar refractivity (Wildman–Crippen MR) is 72.9 cm³/mol. The van der Waals surface area contributed by atoms with Crippen molar-refractivity contribution in [2.75, 3.05) is 5.73 Å². The van der Waals surface area contributed by atoms with E-state index < -0.39 is 0 Å². The fourth-order valence-corrected chi connectivity index (χ4v) is 3.04. The molecule has 1 aliphatic rings. The van der Waals surface area contributed by atoms with Crippen molar-refractivity contribution in [1.82, 2.24) is 24.8 Å². The van der Waals surface area contributed by atoms with Crippen LogP contribution in [0.4, 0.5) is 5.82 Å². The summed E-state index contributed by atoms with van der Waals surface area (Å²) in [5.74, 6) is 1.99. The van der Waals surface area contributed by atoms with E-state index >= 15 is 0 Å². The van der Waals surface area contributed by atoms with Gasteiger partial charge in [0.15, 0.2) is 10.8 Å². The standard InChI is InChI=1S/C12H12N6S/c13-9-6-2-5-8(14-9)11-17-18-10(7-3-1-4-7)15-16-12(18)19-11/h2,5-7H,1,3-4H2,(H2,13,14). The Bertz CT molecular complexity index is 742. The zero-order valence-electron chi connectivity index (χ0n) is 10.2. The van der Waals surface area contributed by atoms with Crippen LogP contribution in [0, 0.1) is 0 Å². The van der Waals surface area contributed by atoms with Crippen molar-refractivity contribution in [2.45, 2.75) is 25.2 Å². The Morgan fingerprint density at radius 2 is 2.16 bits per heavy atom. The first-order chi connectivity index (χ1) is 9.31. The third-order valence-corrected chi connectivity index (χ3v) is 4.40. The molecule has 3 heterocycles. The fourth-order valence-electron chi connectivity index (χ4n) is 2.23. The molecule has 2 N–H and O–H groups in total. The van der Waals surface area contributed by atoms with Gasteiger partial charge in [-0.15, -0.1) is 10.2 Å². The Hall–Kier alpha value is -2.02. The second kappa shape index (κ2) is 3.99. The normalized spacial score (nSPS) is 15.8. The van der Waals surface area contributed by atoms with Crippen molar-refractivity contribution in [3.63, 3.8) is 0 Å². The number of aromatic nitrogens is 5. The zero-order chi connectivity index (χ0) is 12.8. The number of nitrogen functional groups attached to an aromatic ring is 1. The van der Waals surface area contributed by atoms with Crippen LogP contribution >= 0.6 is 11.3 Å². The fraction of sp³-hybridized carbons (Fsp3) is 0.333. The highest BCUT2D eigenvalue weighted by Gasteiger charge is 2.26. The highest BCUT2D eigenvalue weighted by molar-refractivity contribution is 7.19. The molecule has 4 rings (SSSR count). The van der Waals surface area contributed by atoms with E-state index in [1.165, 1.54) is 30.6 Å². The van der Waals surface area contributed by atoms with Gasteiger partial charge in [-0.1, -0.05) is 23.8 Å². The summed E-state index contributed by atoms with van der Waals surface area (Å²) in [6.45, 7) is 0. The van der Waals surface area contributed by atoms with Crippen LogP contribution in [-0.4, -0.2) is 24.8 Å². The SMILES string of the molecule is Nc1cccc(-c2nn3c(C4CCC4)nnc3s2)n1. The third kappa shape index (κ3) is 1.69. The lowest BCUT2D eigenvalue weighted by atomic mass is 9.85. The molecule has 1 aliphatic carbocycles. The van der Waals surface area contributed by atoms with Gasteiger partial charge in [0.05, 0.1) is 0 Å². The van der Waals surface area contributed by atoms with Crippen LogP contribution in [0.2, 0.25) is 0 Å². The molecule has 0 spiro atoms. The van der Waals surface area contributed by atoms with Gasteiger partial charge >= 0.3 is 0 Å². The van der Waals surface area contributed by atoms with E-state index in [-0.39, 0.29) is 0 Å². The van der Waals surface area contributed by atoms with Gasteiger partial charge in [-0.05, 0) is 25.0 Å². The molecule has 0 saturated heterocycles. The largest absolute Gasteiger partial charge is 0.384 e. The minimum absolute atomic E-state index is 0.502. The molecule has 0 radical (unpaired) electrons. The number of nitrogens with two attached hydrogens (primary N) is 1. The summed E-state index contributed by atoms with van der Waals surface area (Å²) in [6.07, 6.45) is 3.64. The predicted octanol–water partition coefficient (Wildman–Crippen LogP) is 2.10. The lowest BCUT2D eigenvalue weighted by Gasteiger charge is -2.22. The van der Waals surface area contributed by atoms with Crippen LogP contribution in [0.1, 0.15) is 31.0 Å². The van der Waals surface area contributed by atoms with E-state index in [2.05, 4.69) is 20.3 Å². The van der Waals surface area contributed by atoms with E-state index in [4.69, 9.17) is 5.73 Å². The monoisotopic (exact) mass is 272 g/mol. The van der Waals surface area contributed by atoms with E-state index in [1.54, 1.807) is 6.07 Å². The van der Waals surface area contributed by atoms with Gasteiger partial charge in [-0.25, -0.2) is 4.98 Å². The van der Waals surface area contributed by atoms with Crippen molar-refractivity contribution in [3.05, 3.63) is 24.0 Å². The maximum absolute atomic E-state index is 5.71. The number of fused-ring (bicyclic) bond motifs is 1. The van der Waals surface area contributed by atoms with Crippen molar-refractivity contribution >= 4 is 22.1 Å². The Balaban J connectivity index is 1.81. The molecular weight excluding hydrogens is 260 g/mol.